The molecule has 146 valence electrons. The van der Waals surface area contributed by atoms with Crippen LogP contribution < -0.4 is 0 Å². The van der Waals surface area contributed by atoms with Crippen molar-refractivity contribution in [2.75, 3.05) is 26.7 Å². The van der Waals surface area contributed by atoms with Gasteiger partial charge in [0.1, 0.15) is 5.69 Å². The van der Waals surface area contributed by atoms with E-state index in [1.165, 1.54) is 11.1 Å². The van der Waals surface area contributed by atoms with Crippen LogP contribution in [0, 0.1) is 18.8 Å². The first kappa shape index (κ1) is 18.9. The highest BCUT2D eigenvalue weighted by molar-refractivity contribution is 5.93. The van der Waals surface area contributed by atoms with Crippen LogP contribution in [0.15, 0.2) is 48.9 Å². The summed E-state index contributed by atoms with van der Waals surface area (Å²) in [6, 6.07) is 10.8. The van der Waals surface area contributed by atoms with Gasteiger partial charge < -0.3 is 4.90 Å². The Balaban J connectivity index is 0.00000192. The molecule has 0 radical (unpaired) electrons. The topological polar surface area (TPSA) is 53.7 Å². The maximum atomic E-state index is 13.0. The zero-order valence-corrected chi connectivity index (χ0v) is 16.8. The zero-order chi connectivity index (χ0) is 18.5. The van der Waals surface area contributed by atoms with Gasteiger partial charge in [0.25, 0.3) is 5.91 Å². The summed E-state index contributed by atoms with van der Waals surface area (Å²) in [5.74, 6) is 1.56. The number of rotatable bonds is 2. The van der Waals surface area contributed by atoms with Gasteiger partial charge in [0.15, 0.2) is 0 Å². The summed E-state index contributed by atoms with van der Waals surface area (Å²) in [5.41, 5.74) is 3.19. The third-order valence-corrected chi connectivity index (χ3v) is 6.14. The molecule has 6 nitrogen and oxygen atoms in total. The first-order valence-corrected chi connectivity index (χ1v) is 9.46. The van der Waals surface area contributed by atoms with Gasteiger partial charge in [-0.25, -0.2) is 9.97 Å². The van der Waals surface area contributed by atoms with E-state index in [1.807, 2.05) is 17.2 Å². The molecule has 0 aliphatic carbocycles. The minimum Gasteiger partial charge on any atom is -0.337 e. The molecule has 2 saturated heterocycles. The lowest BCUT2D eigenvalue weighted by Gasteiger charge is -2.27. The molecular weight excluding hydrogens is 374 g/mol. The SMILES string of the molecule is Cc1ccccc1[C@H]1[C@@H]2CN(C(=O)c3cn4cccnc4n3)C[C@@H]2CN1C.Cl. The third-order valence-electron chi connectivity index (χ3n) is 6.14. The van der Waals surface area contributed by atoms with Gasteiger partial charge in [0.05, 0.1) is 0 Å². The second-order valence-corrected chi connectivity index (χ2v) is 7.83. The summed E-state index contributed by atoms with van der Waals surface area (Å²) < 4.78 is 1.80. The fraction of sp³-hybridized carbons (Fsp3) is 0.381. The lowest BCUT2D eigenvalue weighted by molar-refractivity contribution is 0.0762. The van der Waals surface area contributed by atoms with Crippen LogP contribution in [0.5, 0.6) is 0 Å². The van der Waals surface area contributed by atoms with Crippen LogP contribution >= 0.6 is 12.4 Å². The number of carbonyl (C=O) groups is 1. The highest BCUT2D eigenvalue weighted by atomic mass is 35.5. The molecule has 4 heterocycles. The number of aryl methyl sites for hydroxylation is 1. The molecule has 0 unspecified atom stereocenters. The minimum atomic E-state index is 0. The van der Waals surface area contributed by atoms with Crippen molar-refractivity contribution < 1.29 is 4.79 Å². The van der Waals surface area contributed by atoms with E-state index in [9.17, 15) is 4.79 Å². The standard InChI is InChI=1S/C21H23N5O.ClH/c1-14-6-3-4-7-16(14)19-17-12-26(11-15(17)10-24(19)2)20(27)18-13-25-9-5-8-22-21(25)23-18;/h3-9,13,15,17,19H,10-12H2,1-2H3;1H/t15-,17+,19-;/m0./s1. The second kappa shape index (κ2) is 7.18. The molecule has 3 aromatic rings. The summed E-state index contributed by atoms with van der Waals surface area (Å²) in [4.78, 5) is 26.1. The molecule has 0 N–H and O–H groups in total. The average Bonchev–Trinajstić information content (AvgIpc) is 3.34. The summed E-state index contributed by atoms with van der Waals surface area (Å²) in [7, 11) is 2.20. The monoisotopic (exact) mass is 397 g/mol. The largest absolute Gasteiger partial charge is 0.337 e. The fourth-order valence-electron chi connectivity index (χ4n) is 4.91. The van der Waals surface area contributed by atoms with Gasteiger partial charge in [-0.1, -0.05) is 24.3 Å². The molecular formula is C21H24ClN5O. The predicted molar refractivity (Wildman–Crippen MR) is 110 cm³/mol. The van der Waals surface area contributed by atoms with Crippen LogP contribution in [0.1, 0.15) is 27.7 Å². The van der Waals surface area contributed by atoms with Crippen LogP contribution in [-0.2, 0) is 0 Å². The van der Waals surface area contributed by atoms with Crippen LogP contribution in [0.3, 0.4) is 0 Å². The Bertz CT molecular complexity index is 986. The van der Waals surface area contributed by atoms with E-state index >= 15 is 0 Å². The minimum absolute atomic E-state index is 0. The van der Waals surface area contributed by atoms with E-state index in [2.05, 4.69) is 53.1 Å². The summed E-state index contributed by atoms with van der Waals surface area (Å²) in [6.45, 7) is 4.80. The molecule has 2 aliphatic heterocycles. The average molecular weight is 398 g/mol. The van der Waals surface area contributed by atoms with Gasteiger partial charge in [-0.3, -0.25) is 14.1 Å². The van der Waals surface area contributed by atoms with Crippen LogP contribution in [0.2, 0.25) is 0 Å². The molecule has 3 atom stereocenters. The van der Waals surface area contributed by atoms with Gasteiger partial charge in [-0.15, -0.1) is 12.4 Å². The summed E-state index contributed by atoms with van der Waals surface area (Å²) >= 11 is 0. The number of hydrogen-bond donors (Lipinski definition) is 0. The van der Waals surface area contributed by atoms with Gasteiger partial charge in [0, 0.05) is 50.2 Å². The number of amides is 1. The van der Waals surface area contributed by atoms with Gasteiger partial charge in [-0.05, 0) is 37.1 Å². The quantitative estimate of drug-likeness (QED) is 0.667. The molecule has 0 saturated carbocycles. The number of fused-ring (bicyclic) bond motifs is 2. The van der Waals surface area contributed by atoms with Crippen molar-refractivity contribution in [3.63, 3.8) is 0 Å². The predicted octanol–water partition coefficient (Wildman–Crippen LogP) is 2.83. The molecule has 5 rings (SSSR count). The normalized spacial score (nSPS) is 24.4. The molecule has 2 aromatic heterocycles. The number of hydrogen-bond acceptors (Lipinski definition) is 4. The molecule has 2 aliphatic rings. The van der Waals surface area contributed by atoms with Crippen molar-refractivity contribution in [2.45, 2.75) is 13.0 Å². The molecule has 7 heteroatoms. The van der Waals surface area contributed by atoms with E-state index in [4.69, 9.17) is 0 Å². The highest BCUT2D eigenvalue weighted by Gasteiger charge is 2.47. The Morgan fingerprint density at radius 2 is 1.96 bits per heavy atom. The van der Waals surface area contributed by atoms with Crippen molar-refractivity contribution in [3.8, 4) is 0 Å². The Kier molecular flexibility index (Phi) is 4.85. The van der Waals surface area contributed by atoms with Gasteiger partial charge in [0.2, 0.25) is 5.78 Å². The fourth-order valence-corrected chi connectivity index (χ4v) is 4.91. The zero-order valence-electron chi connectivity index (χ0n) is 16.0. The molecule has 1 amide bonds. The van der Waals surface area contributed by atoms with Crippen molar-refractivity contribution in [1.82, 2.24) is 24.2 Å². The van der Waals surface area contributed by atoms with Crippen molar-refractivity contribution >= 4 is 24.1 Å². The van der Waals surface area contributed by atoms with E-state index in [-0.39, 0.29) is 18.3 Å². The number of benzene rings is 1. The maximum absolute atomic E-state index is 13.0. The second-order valence-electron chi connectivity index (χ2n) is 7.83. The van der Waals surface area contributed by atoms with E-state index < -0.39 is 0 Å². The number of nitrogens with zero attached hydrogens (tertiary/aromatic N) is 5. The van der Waals surface area contributed by atoms with Crippen molar-refractivity contribution in [1.29, 1.82) is 0 Å². The smallest absolute Gasteiger partial charge is 0.274 e. The highest BCUT2D eigenvalue weighted by Crippen LogP contribution is 2.45. The Morgan fingerprint density at radius 3 is 2.75 bits per heavy atom. The van der Waals surface area contributed by atoms with Crippen molar-refractivity contribution in [2.24, 2.45) is 11.8 Å². The summed E-state index contributed by atoms with van der Waals surface area (Å²) in [5, 5.41) is 0. The lowest BCUT2D eigenvalue weighted by atomic mass is 9.88. The van der Waals surface area contributed by atoms with Crippen LogP contribution in [-0.4, -0.2) is 56.8 Å². The molecule has 2 fully saturated rings. The van der Waals surface area contributed by atoms with Crippen LogP contribution in [0.25, 0.3) is 5.78 Å². The number of aromatic nitrogens is 3. The Hall–Kier alpha value is -2.44. The van der Waals surface area contributed by atoms with Gasteiger partial charge >= 0.3 is 0 Å². The van der Waals surface area contributed by atoms with Crippen molar-refractivity contribution in [3.05, 3.63) is 65.7 Å². The van der Waals surface area contributed by atoms with E-state index in [0.717, 1.165) is 19.6 Å². The number of carbonyl (C=O) groups excluding carboxylic acids is 1. The Labute approximate surface area is 170 Å². The van der Waals surface area contributed by atoms with Crippen LogP contribution in [0.4, 0.5) is 0 Å². The molecule has 0 spiro atoms. The Morgan fingerprint density at radius 1 is 1.14 bits per heavy atom. The number of imidazole rings is 1. The van der Waals surface area contributed by atoms with E-state index in [1.54, 1.807) is 16.8 Å². The first-order chi connectivity index (χ1) is 13.1. The lowest BCUT2D eigenvalue weighted by Crippen LogP contribution is -2.33. The number of halogens is 1. The maximum Gasteiger partial charge on any atom is 0.274 e. The molecule has 28 heavy (non-hydrogen) atoms. The number of likely N-dealkylation sites (tertiary alicyclic amines) is 2. The summed E-state index contributed by atoms with van der Waals surface area (Å²) in [6.07, 6.45) is 5.34. The molecule has 0 bridgehead atoms. The van der Waals surface area contributed by atoms with Gasteiger partial charge in [-0.2, -0.15) is 0 Å². The first-order valence-electron chi connectivity index (χ1n) is 9.46. The molecule has 1 aromatic carbocycles. The van der Waals surface area contributed by atoms with E-state index in [0.29, 0.717) is 29.3 Å². The third kappa shape index (κ3) is 2.97.